The second kappa shape index (κ2) is 6.16. The molecule has 0 aliphatic carbocycles. The first-order valence-electron chi connectivity index (χ1n) is 6.01. The number of hydrogen-bond acceptors (Lipinski definition) is 5. The van der Waals surface area contributed by atoms with Crippen LogP contribution in [-0.2, 0) is 13.0 Å². The van der Waals surface area contributed by atoms with E-state index in [1.165, 1.54) is 0 Å². The van der Waals surface area contributed by atoms with Gasteiger partial charge in [0.1, 0.15) is 5.75 Å². The first kappa shape index (κ1) is 14.0. The van der Waals surface area contributed by atoms with Crippen LogP contribution in [0, 0.1) is 0 Å². The van der Waals surface area contributed by atoms with Gasteiger partial charge in [0.15, 0.2) is 6.61 Å². The van der Waals surface area contributed by atoms with Crippen molar-refractivity contribution in [1.29, 1.82) is 0 Å². The van der Waals surface area contributed by atoms with E-state index in [-0.39, 0.29) is 6.61 Å². The molecule has 0 unspecified atom stereocenters. The van der Waals surface area contributed by atoms with Crippen molar-refractivity contribution in [2.75, 3.05) is 0 Å². The first-order valence-corrected chi connectivity index (χ1v) is 6.81. The topological polar surface area (TPSA) is 68.4 Å². The predicted octanol–water partition coefficient (Wildman–Crippen LogP) is 3.03. The number of aliphatic hydroxyl groups is 1. The predicted molar refractivity (Wildman–Crippen MR) is 72.8 cm³/mol. The molecule has 102 valence electrons. The maximum atomic E-state index is 9.72. The number of aliphatic hydroxyl groups excluding tert-OH is 1. The van der Waals surface area contributed by atoms with E-state index < -0.39 is 6.10 Å². The Balaban J connectivity index is 2.10. The van der Waals surface area contributed by atoms with Gasteiger partial charge in [-0.3, -0.25) is 0 Å². The molecule has 1 N–H and O–H groups in total. The summed E-state index contributed by atoms with van der Waals surface area (Å²) >= 11 is 3.37. The van der Waals surface area contributed by atoms with E-state index in [9.17, 15) is 5.11 Å². The number of aromatic nitrogens is 2. The monoisotopic (exact) mass is 326 g/mol. The third-order valence-electron chi connectivity index (χ3n) is 2.58. The molecule has 0 saturated heterocycles. The van der Waals surface area contributed by atoms with Gasteiger partial charge in [-0.15, -0.1) is 10.2 Å². The molecule has 19 heavy (non-hydrogen) atoms. The van der Waals surface area contributed by atoms with Crippen LogP contribution in [0.5, 0.6) is 5.75 Å². The largest absolute Gasteiger partial charge is 0.483 e. The zero-order valence-electron chi connectivity index (χ0n) is 10.8. The van der Waals surface area contributed by atoms with Gasteiger partial charge in [-0.05, 0) is 25.1 Å². The molecule has 1 aromatic carbocycles. The molecule has 0 fully saturated rings. The second-order valence-corrected chi connectivity index (χ2v) is 5.01. The maximum Gasteiger partial charge on any atom is 0.253 e. The van der Waals surface area contributed by atoms with E-state index in [0.717, 1.165) is 4.47 Å². The molecular weight excluding hydrogens is 312 g/mol. The van der Waals surface area contributed by atoms with Gasteiger partial charge >= 0.3 is 0 Å². The van der Waals surface area contributed by atoms with Crippen molar-refractivity contribution in [3.63, 3.8) is 0 Å². The fourth-order valence-corrected chi connectivity index (χ4v) is 1.99. The molecule has 0 aliphatic heterocycles. The highest BCUT2D eigenvalue weighted by Crippen LogP contribution is 2.29. The fourth-order valence-electron chi connectivity index (χ4n) is 1.61. The molecule has 0 radical (unpaired) electrons. The van der Waals surface area contributed by atoms with Gasteiger partial charge < -0.3 is 14.3 Å². The third kappa shape index (κ3) is 3.54. The van der Waals surface area contributed by atoms with Crippen LogP contribution in [0.15, 0.2) is 27.1 Å². The molecule has 1 heterocycles. The highest BCUT2D eigenvalue weighted by Gasteiger charge is 2.12. The summed E-state index contributed by atoms with van der Waals surface area (Å²) < 4.78 is 11.9. The van der Waals surface area contributed by atoms with Gasteiger partial charge in [0, 0.05) is 16.5 Å². The molecular formula is C13H15BrN2O3. The minimum absolute atomic E-state index is 0.189. The highest BCUT2D eigenvalue weighted by molar-refractivity contribution is 9.10. The van der Waals surface area contributed by atoms with E-state index in [4.69, 9.17) is 9.15 Å². The molecule has 0 bridgehead atoms. The number of aryl methyl sites for hydroxylation is 1. The van der Waals surface area contributed by atoms with Crippen molar-refractivity contribution in [3.05, 3.63) is 40.0 Å². The molecule has 5 nitrogen and oxygen atoms in total. The second-order valence-electron chi connectivity index (χ2n) is 4.09. The van der Waals surface area contributed by atoms with Crippen molar-refractivity contribution >= 4 is 15.9 Å². The van der Waals surface area contributed by atoms with Gasteiger partial charge in [0.25, 0.3) is 5.89 Å². The molecule has 2 rings (SSSR count). The lowest BCUT2D eigenvalue weighted by Gasteiger charge is -2.12. The van der Waals surface area contributed by atoms with Crippen molar-refractivity contribution < 1.29 is 14.3 Å². The molecule has 0 saturated carbocycles. The molecule has 2 aromatic rings. The van der Waals surface area contributed by atoms with Crippen LogP contribution < -0.4 is 4.74 Å². The summed E-state index contributed by atoms with van der Waals surface area (Å²) in [5.41, 5.74) is 0.713. The van der Waals surface area contributed by atoms with Crippen molar-refractivity contribution in [1.82, 2.24) is 10.2 Å². The Labute approximate surface area is 119 Å². The SMILES string of the molecule is CCc1nnc(COc2ccc(Br)cc2[C@H](C)O)o1. The molecule has 1 aromatic heterocycles. The standard InChI is InChI=1S/C13H15BrN2O3/c1-3-12-15-16-13(19-12)7-18-11-5-4-9(14)6-10(11)8(2)17/h4-6,8,17H,3,7H2,1-2H3/t8-/m0/s1. The Hall–Kier alpha value is -1.40. The molecule has 1 atom stereocenters. The van der Waals surface area contributed by atoms with Gasteiger partial charge in [-0.1, -0.05) is 22.9 Å². The third-order valence-corrected chi connectivity index (χ3v) is 3.08. The minimum Gasteiger partial charge on any atom is -0.483 e. The summed E-state index contributed by atoms with van der Waals surface area (Å²) in [6, 6.07) is 5.47. The summed E-state index contributed by atoms with van der Waals surface area (Å²) in [5.74, 6) is 1.62. The Morgan fingerprint density at radius 2 is 2.11 bits per heavy atom. The molecule has 6 heteroatoms. The Kier molecular flexibility index (Phi) is 4.55. The van der Waals surface area contributed by atoms with E-state index >= 15 is 0 Å². The number of hydrogen-bond donors (Lipinski definition) is 1. The lowest BCUT2D eigenvalue weighted by molar-refractivity contribution is 0.186. The quantitative estimate of drug-likeness (QED) is 0.914. The zero-order chi connectivity index (χ0) is 13.8. The number of ether oxygens (including phenoxy) is 1. The lowest BCUT2D eigenvalue weighted by Crippen LogP contribution is -2.01. The molecule has 0 amide bonds. The van der Waals surface area contributed by atoms with Crippen LogP contribution >= 0.6 is 15.9 Å². The number of benzene rings is 1. The van der Waals surface area contributed by atoms with Gasteiger partial charge in [0.05, 0.1) is 6.10 Å². The van der Waals surface area contributed by atoms with Crippen LogP contribution in [-0.4, -0.2) is 15.3 Å². The van der Waals surface area contributed by atoms with Gasteiger partial charge in [-0.2, -0.15) is 0 Å². The van der Waals surface area contributed by atoms with Crippen molar-refractivity contribution in [2.45, 2.75) is 33.0 Å². The average molecular weight is 327 g/mol. The van der Waals surface area contributed by atoms with Crippen LogP contribution in [0.2, 0.25) is 0 Å². The highest BCUT2D eigenvalue weighted by atomic mass is 79.9. The lowest BCUT2D eigenvalue weighted by atomic mass is 10.1. The first-order chi connectivity index (χ1) is 9.10. The molecule has 0 spiro atoms. The van der Waals surface area contributed by atoms with Gasteiger partial charge in [0.2, 0.25) is 5.89 Å². The van der Waals surface area contributed by atoms with Gasteiger partial charge in [-0.25, -0.2) is 0 Å². The Morgan fingerprint density at radius 3 is 2.74 bits per heavy atom. The van der Waals surface area contributed by atoms with Crippen LogP contribution in [0.3, 0.4) is 0 Å². The van der Waals surface area contributed by atoms with Crippen LogP contribution in [0.1, 0.15) is 37.3 Å². The zero-order valence-corrected chi connectivity index (χ0v) is 12.3. The van der Waals surface area contributed by atoms with E-state index in [1.807, 2.05) is 19.1 Å². The van der Waals surface area contributed by atoms with E-state index in [1.54, 1.807) is 13.0 Å². The van der Waals surface area contributed by atoms with Crippen molar-refractivity contribution in [3.8, 4) is 5.75 Å². The summed E-state index contributed by atoms with van der Waals surface area (Å²) in [6.45, 7) is 3.82. The summed E-state index contributed by atoms with van der Waals surface area (Å²) in [6.07, 6.45) is 0.0888. The molecule has 0 aliphatic rings. The van der Waals surface area contributed by atoms with Crippen LogP contribution in [0.25, 0.3) is 0 Å². The number of halogens is 1. The summed E-state index contributed by atoms with van der Waals surface area (Å²) in [7, 11) is 0. The normalized spacial score (nSPS) is 12.4. The number of rotatable bonds is 5. The summed E-state index contributed by atoms with van der Waals surface area (Å²) in [4.78, 5) is 0. The Bertz CT molecular complexity index is 555. The Morgan fingerprint density at radius 1 is 1.37 bits per heavy atom. The van der Waals surface area contributed by atoms with Crippen molar-refractivity contribution in [2.24, 2.45) is 0 Å². The van der Waals surface area contributed by atoms with E-state index in [2.05, 4.69) is 26.1 Å². The smallest absolute Gasteiger partial charge is 0.253 e. The van der Waals surface area contributed by atoms with Crippen LogP contribution in [0.4, 0.5) is 0 Å². The number of nitrogens with zero attached hydrogens (tertiary/aromatic N) is 2. The average Bonchev–Trinajstić information content (AvgIpc) is 2.85. The minimum atomic E-state index is -0.610. The maximum absolute atomic E-state index is 9.72. The van der Waals surface area contributed by atoms with E-state index in [0.29, 0.717) is 29.5 Å². The summed E-state index contributed by atoms with van der Waals surface area (Å²) in [5, 5.41) is 17.5. The fraction of sp³-hybridized carbons (Fsp3) is 0.385.